The molecule has 29 heavy (non-hydrogen) atoms. The van der Waals surface area contributed by atoms with Crippen LogP contribution in [0.4, 0.5) is 27.6 Å². The molecular formula is C18H16F5N5O. The highest BCUT2D eigenvalue weighted by atomic mass is 19.3. The summed E-state index contributed by atoms with van der Waals surface area (Å²) in [5, 5.41) is 9.89. The minimum Gasteiger partial charge on any atom is -0.322 e. The van der Waals surface area contributed by atoms with Crippen LogP contribution in [-0.2, 0) is 11.3 Å². The molecule has 3 rings (SSSR count). The number of aromatic nitrogens is 4. The number of anilines is 1. The zero-order chi connectivity index (χ0) is 21.1. The summed E-state index contributed by atoms with van der Waals surface area (Å²) in [6.45, 7) is 1.37. The molecule has 0 bridgehead atoms. The Labute approximate surface area is 161 Å². The molecule has 3 aromatic rings. The van der Waals surface area contributed by atoms with Gasteiger partial charge in [-0.2, -0.15) is 10.2 Å². The summed E-state index contributed by atoms with van der Waals surface area (Å²) < 4.78 is 67.5. The van der Waals surface area contributed by atoms with Gasteiger partial charge in [0.05, 0.1) is 18.4 Å². The Morgan fingerprint density at radius 3 is 2.55 bits per heavy atom. The lowest BCUT2D eigenvalue weighted by molar-refractivity contribution is -0.119. The molecule has 1 unspecified atom stereocenters. The highest BCUT2D eigenvalue weighted by Gasteiger charge is 2.27. The minimum atomic E-state index is -3.08. The van der Waals surface area contributed by atoms with Gasteiger partial charge in [0.15, 0.2) is 0 Å². The Bertz CT molecular complexity index is 1000. The van der Waals surface area contributed by atoms with E-state index < -0.39 is 42.0 Å². The first-order valence-corrected chi connectivity index (χ1v) is 8.48. The summed E-state index contributed by atoms with van der Waals surface area (Å²) in [6.07, 6.45) is -3.39. The van der Waals surface area contributed by atoms with E-state index in [-0.39, 0.29) is 12.2 Å². The van der Waals surface area contributed by atoms with Crippen LogP contribution < -0.4 is 5.32 Å². The average molecular weight is 413 g/mol. The van der Waals surface area contributed by atoms with Gasteiger partial charge in [-0.05, 0) is 19.1 Å². The first-order chi connectivity index (χ1) is 13.8. The summed E-state index contributed by atoms with van der Waals surface area (Å²) in [4.78, 5) is 12.4. The van der Waals surface area contributed by atoms with Gasteiger partial charge in [0.2, 0.25) is 5.91 Å². The van der Waals surface area contributed by atoms with Crippen LogP contribution in [0.2, 0.25) is 0 Å². The molecule has 0 aliphatic heterocycles. The number of carbonyl (C=O) groups is 1. The summed E-state index contributed by atoms with van der Waals surface area (Å²) in [7, 11) is 0. The summed E-state index contributed by atoms with van der Waals surface area (Å²) in [6, 6.07) is 5.41. The summed E-state index contributed by atoms with van der Waals surface area (Å²) >= 11 is 0. The molecular weight excluding hydrogens is 397 g/mol. The molecule has 0 saturated heterocycles. The first kappa shape index (κ1) is 20.5. The number of carbonyl (C=O) groups excluding carboxylic acids is 1. The maximum atomic E-state index is 13.7. The molecule has 1 amide bonds. The van der Waals surface area contributed by atoms with Gasteiger partial charge < -0.3 is 5.32 Å². The van der Waals surface area contributed by atoms with Gasteiger partial charge in [-0.3, -0.25) is 14.2 Å². The maximum absolute atomic E-state index is 13.7. The molecule has 0 aliphatic rings. The maximum Gasteiger partial charge on any atom is 0.282 e. The molecule has 1 N–H and O–H groups in total. The van der Waals surface area contributed by atoms with E-state index in [2.05, 4.69) is 15.5 Å². The lowest BCUT2D eigenvalue weighted by Gasteiger charge is -2.14. The van der Waals surface area contributed by atoms with Crippen LogP contribution in [0, 0.1) is 5.82 Å². The van der Waals surface area contributed by atoms with Crippen LogP contribution in [0.5, 0.6) is 0 Å². The van der Waals surface area contributed by atoms with Gasteiger partial charge in [0, 0.05) is 11.8 Å². The lowest BCUT2D eigenvalue weighted by Crippen LogP contribution is -2.26. The van der Waals surface area contributed by atoms with Crippen LogP contribution in [-0.4, -0.2) is 25.5 Å². The number of nitrogens with zero attached hydrogens (tertiary/aromatic N) is 4. The highest BCUT2D eigenvalue weighted by Crippen LogP contribution is 2.27. The van der Waals surface area contributed by atoms with Crippen molar-refractivity contribution in [2.24, 2.45) is 0 Å². The molecule has 1 atom stereocenters. The van der Waals surface area contributed by atoms with E-state index in [4.69, 9.17) is 0 Å². The Kier molecular flexibility index (Phi) is 5.95. The quantitative estimate of drug-likeness (QED) is 0.586. The van der Waals surface area contributed by atoms with Crippen LogP contribution in [0.1, 0.15) is 42.8 Å². The molecule has 0 fully saturated rings. The van der Waals surface area contributed by atoms with E-state index in [0.29, 0.717) is 16.3 Å². The number of benzene rings is 1. The molecule has 0 radical (unpaired) electrons. The Balaban J connectivity index is 1.72. The second-order valence-corrected chi connectivity index (χ2v) is 6.22. The third kappa shape index (κ3) is 4.61. The number of amides is 1. The normalized spacial score (nSPS) is 12.6. The lowest BCUT2D eigenvalue weighted by atomic mass is 10.2. The molecule has 1 aromatic carbocycles. The second-order valence-electron chi connectivity index (χ2n) is 6.22. The molecule has 154 valence electrons. The van der Waals surface area contributed by atoms with Crippen molar-refractivity contribution in [2.75, 3.05) is 5.32 Å². The molecule has 0 aliphatic carbocycles. The number of halogens is 5. The number of alkyl halides is 4. The zero-order valence-electron chi connectivity index (χ0n) is 15.1. The van der Waals surface area contributed by atoms with Gasteiger partial charge in [0.1, 0.15) is 23.2 Å². The van der Waals surface area contributed by atoms with Gasteiger partial charge >= 0.3 is 0 Å². The largest absolute Gasteiger partial charge is 0.322 e. The van der Waals surface area contributed by atoms with E-state index in [0.717, 1.165) is 0 Å². The number of nitrogens with one attached hydrogen (secondary N) is 1. The fraction of sp³-hybridized carbons (Fsp3) is 0.278. The predicted molar refractivity (Wildman–Crippen MR) is 93.2 cm³/mol. The van der Waals surface area contributed by atoms with Crippen molar-refractivity contribution in [3.63, 3.8) is 0 Å². The second kappa shape index (κ2) is 8.41. The van der Waals surface area contributed by atoms with Crippen molar-refractivity contribution >= 4 is 11.6 Å². The molecule has 11 heteroatoms. The van der Waals surface area contributed by atoms with Crippen LogP contribution in [0.25, 0.3) is 0 Å². The molecule has 0 spiro atoms. The van der Waals surface area contributed by atoms with Crippen LogP contribution >= 0.6 is 0 Å². The smallest absolute Gasteiger partial charge is 0.282 e. The van der Waals surface area contributed by atoms with E-state index in [1.807, 2.05) is 0 Å². The van der Waals surface area contributed by atoms with E-state index >= 15 is 0 Å². The first-order valence-electron chi connectivity index (χ1n) is 8.48. The standard InChI is InChI=1S/C18H16F5N5O/c1-10(28-15(17(22)23)6-14(26-28)16(20)21)18(29)25-12-7-24-27(9-12)8-11-4-2-3-5-13(11)19/h2-7,9-10,16-17H,8H2,1H3,(H,25,29). The van der Waals surface area contributed by atoms with E-state index in [9.17, 15) is 26.7 Å². The van der Waals surface area contributed by atoms with Crippen molar-refractivity contribution in [1.29, 1.82) is 0 Å². The zero-order valence-corrected chi connectivity index (χ0v) is 15.1. The van der Waals surface area contributed by atoms with Crippen molar-refractivity contribution in [3.8, 4) is 0 Å². The van der Waals surface area contributed by atoms with Gasteiger partial charge in [0.25, 0.3) is 12.9 Å². The third-order valence-electron chi connectivity index (χ3n) is 4.17. The summed E-state index contributed by atoms with van der Waals surface area (Å²) in [5.74, 6) is -1.16. The van der Waals surface area contributed by atoms with Gasteiger partial charge in [-0.15, -0.1) is 0 Å². The Hall–Kier alpha value is -3.24. The topological polar surface area (TPSA) is 64.7 Å². The van der Waals surface area contributed by atoms with Crippen molar-refractivity contribution in [3.05, 3.63) is 65.5 Å². The fourth-order valence-corrected chi connectivity index (χ4v) is 2.68. The SMILES string of the molecule is CC(C(=O)Nc1cnn(Cc2ccccc2F)c1)n1nc(C(F)F)cc1C(F)F. The highest BCUT2D eigenvalue weighted by molar-refractivity contribution is 5.93. The monoisotopic (exact) mass is 413 g/mol. The molecule has 2 heterocycles. The molecule has 6 nitrogen and oxygen atoms in total. The number of rotatable bonds is 7. The number of hydrogen-bond donors (Lipinski definition) is 1. The minimum absolute atomic E-state index is 0.116. The van der Waals surface area contributed by atoms with Crippen LogP contribution in [0.15, 0.2) is 42.7 Å². The van der Waals surface area contributed by atoms with Crippen molar-refractivity contribution in [1.82, 2.24) is 19.6 Å². The number of hydrogen-bond acceptors (Lipinski definition) is 3. The van der Waals surface area contributed by atoms with Crippen LogP contribution in [0.3, 0.4) is 0 Å². The molecule has 2 aromatic heterocycles. The molecule has 0 saturated carbocycles. The Morgan fingerprint density at radius 1 is 1.17 bits per heavy atom. The summed E-state index contributed by atoms with van der Waals surface area (Å²) in [5.41, 5.74) is -0.992. The predicted octanol–water partition coefficient (Wildman–Crippen LogP) is 4.34. The van der Waals surface area contributed by atoms with Crippen molar-refractivity contribution < 1.29 is 26.7 Å². The third-order valence-corrected chi connectivity index (χ3v) is 4.17. The Morgan fingerprint density at radius 2 is 1.90 bits per heavy atom. The average Bonchev–Trinajstić information content (AvgIpc) is 3.30. The fourth-order valence-electron chi connectivity index (χ4n) is 2.68. The van der Waals surface area contributed by atoms with Crippen molar-refractivity contribution in [2.45, 2.75) is 32.4 Å². The van der Waals surface area contributed by atoms with E-state index in [1.54, 1.807) is 18.2 Å². The van der Waals surface area contributed by atoms with Gasteiger partial charge in [-0.1, -0.05) is 18.2 Å². The van der Waals surface area contributed by atoms with Gasteiger partial charge in [-0.25, -0.2) is 22.0 Å². The van der Waals surface area contributed by atoms with E-state index in [1.165, 1.54) is 30.1 Å².